The number of halogens is 4. The lowest BCUT2D eigenvalue weighted by atomic mass is 9.94. The highest BCUT2D eigenvalue weighted by Gasteiger charge is 2.24. The number of pyridine rings is 1. The molecule has 0 saturated carbocycles. The summed E-state index contributed by atoms with van der Waals surface area (Å²) in [6, 6.07) is 14.8. The molecule has 0 aliphatic heterocycles. The topological polar surface area (TPSA) is 55.7 Å². The molecule has 156 valence electrons. The molecule has 0 spiro atoms. The second-order valence-corrected chi connectivity index (χ2v) is 9.11. The van der Waals surface area contributed by atoms with Crippen molar-refractivity contribution in [3.05, 3.63) is 81.8 Å². The monoisotopic (exact) mass is 491 g/mol. The molecule has 0 aliphatic rings. The van der Waals surface area contributed by atoms with Gasteiger partial charge in [0.25, 0.3) is 0 Å². The van der Waals surface area contributed by atoms with Gasteiger partial charge in [0.05, 0.1) is 21.3 Å². The zero-order valence-corrected chi connectivity index (χ0v) is 19.0. The summed E-state index contributed by atoms with van der Waals surface area (Å²) in [7, 11) is -1.15. The van der Waals surface area contributed by atoms with Crippen molar-refractivity contribution < 1.29 is 8.60 Å². The number of hydrogen-bond acceptors (Lipinski definition) is 4. The van der Waals surface area contributed by atoms with Gasteiger partial charge in [-0.25, -0.2) is 4.39 Å². The Morgan fingerprint density at radius 1 is 0.903 bits per heavy atom. The van der Waals surface area contributed by atoms with E-state index >= 15 is 0 Å². The number of nitrogens with zero attached hydrogens (tertiary/aromatic N) is 3. The molecule has 0 saturated heterocycles. The Labute approximate surface area is 195 Å². The molecule has 31 heavy (non-hydrogen) atoms. The molecule has 9 heteroatoms. The molecule has 2 aromatic carbocycles. The molecule has 1 atom stereocenters. The van der Waals surface area contributed by atoms with Crippen molar-refractivity contribution in [1.29, 1.82) is 0 Å². The first-order chi connectivity index (χ1) is 14.9. The van der Waals surface area contributed by atoms with Crippen molar-refractivity contribution in [3.8, 4) is 33.6 Å². The SMILES string of the molecule is CS(=O)c1ccc(-c2c(-c3ccccc3F)nnc(Cl)c2-c2ncc(Cl)cc2Cl)cc1. The lowest BCUT2D eigenvalue weighted by Gasteiger charge is -2.16. The lowest BCUT2D eigenvalue weighted by molar-refractivity contribution is 0.630. The predicted molar refractivity (Wildman–Crippen MR) is 123 cm³/mol. The molecule has 1 unspecified atom stereocenters. The summed E-state index contributed by atoms with van der Waals surface area (Å²) >= 11 is 18.9. The largest absolute Gasteiger partial charge is 0.255 e. The second kappa shape index (κ2) is 9.01. The van der Waals surface area contributed by atoms with Gasteiger partial charge >= 0.3 is 0 Å². The minimum atomic E-state index is -1.15. The average Bonchev–Trinajstić information content (AvgIpc) is 2.75. The van der Waals surface area contributed by atoms with Gasteiger partial charge in [-0.05, 0) is 35.9 Å². The van der Waals surface area contributed by atoms with Crippen LogP contribution in [0.25, 0.3) is 33.6 Å². The number of hydrogen-bond donors (Lipinski definition) is 0. The van der Waals surface area contributed by atoms with Gasteiger partial charge < -0.3 is 0 Å². The quantitative estimate of drug-likeness (QED) is 0.318. The fourth-order valence-electron chi connectivity index (χ4n) is 3.17. The van der Waals surface area contributed by atoms with Crippen LogP contribution in [0.5, 0.6) is 0 Å². The Hall–Kier alpha value is -2.38. The van der Waals surface area contributed by atoms with Gasteiger partial charge in [0.1, 0.15) is 11.5 Å². The third-order valence-electron chi connectivity index (χ3n) is 4.58. The fourth-order valence-corrected chi connectivity index (χ4v) is 4.38. The van der Waals surface area contributed by atoms with Gasteiger partial charge in [-0.2, -0.15) is 0 Å². The highest BCUT2D eigenvalue weighted by molar-refractivity contribution is 7.84. The summed E-state index contributed by atoms with van der Waals surface area (Å²) in [6.45, 7) is 0. The van der Waals surface area contributed by atoms with E-state index < -0.39 is 16.6 Å². The summed E-state index contributed by atoms with van der Waals surface area (Å²) < 4.78 is 26.5. The van der Waals surface area contributed by atoms with Crippen LogP contribution in [0.3, 0.4) is 0 Å². The summed E-state index contributed by atoms with van der Waals surface area (Å²) in [5.74, 6) is -0.465. The van der Waals surface area contributed by atoms with E-state index in [1.165, 1.54) is 18.3 Å². The van der Waals surface area contributed by atoms with Crippen LogP contribution >= 0.6 is 34.8 Å². The normalized spacial score (nSPS) is 12.0. The molecular formula is C22H13Cl3FN3OS. The van der Waals surface area contributed by atoms with Crippen molar-refractivity contribution in [1.82, 2.24) is 15.2 Å². The van der Waals surface area contributed by atoms with E-state index in [2.05, 4.69) is 15.2 Å². The Kier molecular flexibility index (Phi) is 6.34. The third-order valence-corrected chi connectivity index (χ3v) is 6.27. The second-order valence-electron chi connectivity index (χ2n) is 6.53. The zero-order chi connectivity index (χ0) is 22.1. The van der Waals surface area contributed by atoms with Crippen LogP contribution in [0.4, 0.5) is 4.39 Å². The van der Waals surface area contributed by atoms with Crippen LogP contribution in [0.1, 0.15) is 0 Å². The predicted octanol–water partition coefficient (Wildman–Crippen LogP) is 6.71. The van der Waals surface area contributed by atoms with Crippen molar-refractivity contribution in [2.24, 2.45) is 0 Å². The van der Waals surface area contributed by atoms with E-state index in [0.29, 0.717) is 32.3 Å². The molecular weight excluding hydrogens is 480 g/mol. The van der Waals surface area contributed by atoms with Crippen LogP contribution < -0.4 is 0 Å². The summed E-state index contributed by atoms with van der Waals surface area (Å²) in [5, 5.41) is 8.90. The molecule has 0 N–H and O–H groups in total. The number of rotatable bonds is 4. The Balaban J connectivity index is 2.08. The molecule has 4 nitrogen and oxygen atoms in total. The van der Waals surface area contributed by atoms with Crippen molar-refractivity contribution in [3.63, 3.8) is 0 Å². The molecule has 2 heterocycles. The van der Waals surface area contributed by atoms with Crippen LogP contribution in [-0.4, -0.2) is 25.6 Å². The maximum Gasteiger partial charge on any atom is 0.161 e. The molecule has 0 aliphatic carbocycles. The van der Waals surface area contributed by atoms with Gasteiger partial charge in [0, 0.05) is 39.3 Å². The number of aromatic nitrogens is 3. The highest BCUT2D eigenvalue weighted by atomic mass is 35.5. The van der Waals surface area contributed by atoms with Gasteiger partial charge in [-0.15, -0.1) is 10.2 Å². The first-order valence-corrected chi connectivity index (χ1v) is 11.6. The zero-order valence-electron chi connectivity index (χ0n) is 15.9. The Bertz CT molecular complexity index is 1320. The maximum absolute atomic E-state index is 14.7. The molecule has 0 amide bonds. The van der Waals surface area contributed by atoms with E-state index in [1.54, 1.807) is 48.7 Å². The van der Waals surface area contributed by atoms with E-state index in [9.17, 15) is 8.60 Å². The summed E-state index contributed by atoms with van der Waals surface area (Å²) in [4.78, 5) is 4.99. The average molecular weight is 493 g/mol. The number of benzene rings is 2. The van der Waals surface area contributed by atoms with Crippen LogP contribution in [0.15, 0.2) is 65.7 Å². The minimum Gasteiger partial charge on any atom is -0.255 e. The lowest BCUT2D eigenvalue weighted by Crippen LogP contribution is -2.01. The van der Waals surface area contributed by atoms with Gasteiger partial charge in [-0.1, -0.05) is 59.1 Å². The van der Waals surface area contributed by atoms with Crippen LogP contribution in [-0.2, 0) is 10.8 Å². The maximum atomic E-state index is 14.7. The van der Waals surface area contributed by atoms with Crippen LogP contribution in [0.2, 0.25) is 15.2 Å². The summed E-state index contributed by atoms with van der Waals surface area (Å²) in [6.07, 6.45) is 3.03. The fraction of sp³-hybridized carbons (Fsp3) is 0.0455. The molecule has 0 fully saturated rings. The molecule has 0 radical (unpaired) electrons. The van der Waals surface area contributed by atoms with Crippen molar-refractivity contribution in [2.75, 3.05) is 6.26 Å². The van der Waals surface area contributed by atoms with E-state index in [1.807, 2.05) is 0 Å². The van der Waals surface area contributed by atoms with E-state index in [0.717, 1.165) is 0 Å². The first-order valence-electron chi connectivity index (χ1n) is 8.93. The van der Waals surface area contributed by atoms with Gasteiger partial charge in [0.15, 0.2) is 5.15 Å². The molecule has 2 aromatic heterocycles. The van der Waals surface area contributed by atoms with E-state index in [4.69, 9.17) is 34.8 Å². The molecule has 0 bridgehead atoms. The van der Waals surface area contributed by atoms with Gasteiger partial charge in [0.2, 0.25) is 0 Å². The first kappa shape index (κ1) is 21.8. The van der Waals surface area contributed by atoms with E-state index in [-0.39, 0.29) is 21.4 Å². The van der Waals surface area contributed by atoms with Crippen LogP contribution in [0, 0.1) is 5.82 Å². The summed E-state index contributed by atoms with van der Waals surface area (Å²) in [5.41, 5.74) is 2.40. The van der Waals surface area contributed by atoms with Gasteiger partial charge in [-0.3, -0.25) is 9.19 Å². The highest BCUT2D eigenvalue weighted by Crippen LogP contribution is 2.43. The third kappa shape index (κ3) is 4.34. The Morgan fingerprint density at radius 3 is 2.26 bits per heavy atom. The smallest absolute Gasteiger partial charge is 0.161 e. The standard InChI is InChI=1S/C22H13Cl3FN3OS/c1-31(30)14-8-6-12(7-9-14)18-19(21-16(24)10-13(23)11-27-21)22(25)29-28-20(18)15-4-2-3-5-17(15)26/h2-11H,1H3. The molecule has 4 aromatic rings. The molecule has 4 rings (SSSR count). The minimum absolute atomic E-state index is 0.0509. The Morgan fingerprint density at radius 2 is 1.61 bits per heavy atom. The van der Waals surface area contributed by atoms with Crippen molar-refractivity contribution in [2.45, 2.75) is 4.90 Å². The van der Waals surface area contributed by atoms with Crippen molar-refractivity contribution >= 4 is 45.6 Å².